The molecule has 0 atom stereocenters. The molecule has 0 saturated heterocycles. The molecule has 7 nitrogen and oxygen atoms in total. The Morgan fingerprint density at radius 1 is 1.12 bits per heavy atom. The lowest BCUT2D eigenvalue weighted by Gasteiger charge is -2.12. The molecule has 1 amide bonds. The molecule has 0 saturated carbocycles. The molecule has 0 aliphatic rings. The lowest BCUT2D eigenvalue weighted by Crippen LogP contribution is -2.15. The number of ether oxygens (including phenoxy) is 2. The summed E-state index contributed by atoms with van der Waals surface area (Å²) in [6.45, 7) is 0. The molecule has 0 unspecified atom stereocenters. The molecule has 3 aromatic rings. The zero-order chi connectivity index (χ0) is 17.8. The minimum absolute atomic E-state index is 0.0276. The van der Waals surface area contributed by atoms with Crippen LogP contribution in [-0.2, 0) is 0 Å². The van der Waals surface area contributed by atoms with Crippen LogP contribution in [0.15, 0.2) is 48.8 Å². The van der Waals surface area contributed by atoms with Crippen molar-refractivity contribution in [2.24, 2.45) is 0 Å². The van der Waals surface area contributed by atoms with Crippen LogP contribution in [0.25, 0.3) is 5.69 Å². The SMILES string of the molecule is COc1cc(NC(=O)c2ncn(-c3ccccc3)n2)c(OC)cc1Cl. The van der Waals surface area contributed by atoms with E-state index in [0.29, 0.717) is 22.2 Å². The minimum Gasteiger partial charge on any atom is -0.495 e. The fraction of sp³-hybridized carbons (Fsp3) is 0.118. The molecule has 25 heavy (non-hydrogen) atoms. The lowest BCUT2D eigenvalue weighted by atomic mass is 10.2. The molecule has 0 aliphatic heterocycles. The number of hydrogen-bond acceptors (Lipinski definition) is 5. The second-order valence-electron chi connectivity index (χ2n) is 4.99. The van der Waals surface area contributed by atoms with Gasteiger partial charge in [-0.2, -0.15) is 0 Å². The molecule has 2 aromatic carbocycles. The molecule has 0 spiro atoms. The van der Waals surface area contributed by atoms with Crippen LogP contribution in [0, 0.1) is 0 Å². The van der Waals surface area contributed by atoms with E-state index in [2.05, 4.69) is 15.4 Å². The van der Waals surface area contributed by atoms with Crippen molar-refractivity contribution in [3.8, 4) is 17.2 Å². The molecule has 3 rings (SSSR count). The third-order valence-corrected chi connectivity index (χ3v) is 3.73. The Morgan fingerprint density at radius 2 is 1.84 bits per heavy atom. The molecule has 128 valence electrons. The van der Waals surface area contributed by atoms with Crippen LogP contribution >= 0.6 is 11.6 Å². The fourth-order valence-corrected chi connectivity index (χ4v) is 2.44. The summed E-state index contributed by atoms with van der Waals surface area (Å²) in [6.07, 6.45) is 1.48. The van der Waals surface area contributed by atoms with Crippen molar-refractivity contribution in [2.75, 3.05) is 19.5 Å². The number of methoxy groups -OCH3 is 2. The molecule has 1 N–H and O–H groups in total. The monoisotopic (exact) mass is 358 g/mol. The quantitative estimate of drug-likeness (QED) is 0.757. The van der Waals surface area contributed by atoms with Crippen LogP contribution in [0.1, 0.15) is 10.6 Å². The van der Waals surface area contributed by atoms with Gasteiger partial charge in [0.15, 0.2) is 0 Å². The van der Waals surface area contributed by atoms with Crippen LogP contribution in [0.5, 0.6) is 11.5 Å². The van der Waals surface area contributed by atoms with Crippen molar-refractivity contribution in [1.82, 2.24) is 14.8 Å². The van der Waals surface area contributed by atoms with Crippen LogP contribution in [-0.4, -0.2) is 34.9 Å². The van der Waals surface area contributed by atoms with Crippen molar-refractivity contribution in [3.05, 3.63) is 59.6 Å². The third kappa shape index (κ3) is 3.56. The van der Waals surface area contributed by atoms with Gasteiger partial charge >= 0.3 is 0 Å². The van der Waals surface area contributed by atoms with E-state index < -0.39 is 5.91 Å². The molecular formula is C17H15ClN4O3. The Labute approximate surface area is 149 Å². The zero-order valence-electron chi connectivity index (χ0n) is 13.6. The number of carbonyl (C=O) groups excluding carboxylic acids is 1. The van der Waals surface area contributed by atoms with E-state index in [-0.39, 0.29) is 5.82 Å². The number of anilines is 1. The molecule has 0 radical (unpaired) electrons. The number of hydrogen-bond donors (Lipinski definition) is 1. The van der Waals surface area contributed by atoms with Gasteiger partial charge in [0, 0.05) is 12.1 Å². The highest BCUT2D eigenvalue weighted by molar-refractivity contribution is 6.32. The number of para-hydroxylation sites is 1. The van der Waals surface area contributed by atoms with Gasteiger partial charge in [0.25, 0.3) is 5.91 Å². The number of halogens is 1. The summed E-state index contributed by atoms with van der Waals surface area (Å²) < 4.78 is 11.9. The van der Waals surface area contributed by atoms with E-state index in [4.69, 9.17) is 21.1 Å². The molecule has 1 aromatic heterocycles. The van der Waals surface area contributed by atoms with Gasteiger partial charge in [-0.3, -0.25) is 4.79 Å². The Bertz CT molecular complexity index is 896. The Kier molecular flexibility index (Phi) is 4.85. The first-order valence-corrected chi connectivity index (χ1v) is 7.70. The molecule has 0 fully saturated rings. The van der Waals surface area contributed by atoms with E-state index in [0.717, 1.165) is 5.69 Å². The van der Waals surface area contributed by atoms with E-state index in [1.807, 2.05) is 30.3 Å². The first-order valence-electron chi connectivity index (χ1n) is 7.32. The van der Waals surface area contributed by atoms with Crippen LogP contribution in [0.4, 0.5) is 5.69 Å². The van der Waals surface area contributed by atoms with Gasteiger partial charge in [-0.1, -0.05) is 29.8 Å². The molecule has 1 heterocycles. The minimum atomic E-state index is -0.475. The average molecular weight is 359 g/mol. The Balaban J connectivity index is 1.85. The van der Waals surface area contributed by atoms with Gasteiger partial charge in [0.05, 0.1) is 30.6 Å². The standard InChI is InChI=1S/C17H15ClN4O3/c1-24-14-9-13(15(25-2)8-12(14)18)20-17(23)16-19-10-22(21-16)11-6-4-3-5-7-11/h3-10H,1-2H3,(H,20,23). The smallest absolute Gasteiger partial charge is 0.295 e. The van der Waals surface area contributed by atoms with Crippen molar-refractivity contribution in [2.45, 2.75) is 0 Å². The number of nitrogens with zero attached hydrogens (tertiary/aromatic N) is 3. The summed E-state index contributed by atoms with van der Waals surface area (Å²) in [6, 6.07) is 12.5. The Hall–Kier alpha value is -3.06. The largest absolute Gasteiger partial charge is 0.495 e. The highest BCUT2D eigenvalue weighted by atomic mass is 35.5. The average Bonchev–Trinajstić information content (AvgIpc) is 3.13. The van der Waals surface area contributed by atoms with Crippen LogP contribution in [0.3, 0.4) is 0 Å². The van der Waals surface area contributed by atoms with Crippen molar-refractivity contribution >= 4 is 23.2 Å². The van der Waals surface area contributed by atoms with Gasteiger partial charge in [-0.05, 0) is 12.1 Å². The Morgan fingerprint density at radius 3 is 2.52 bits per heavy atom. The second-order valence-corrected chi connectivity index (χ2v) is 5.40. The lowest BCUT2D eigenvalue weighted by molar-refractivity contribution is 0.101. The number of aromatic nitrogens is 3. The number of carbonyl (C=O) groups is 1. The number of rotatable bonds is 5. The second kappa shape index (κ2) is 7.23. The predicted octanol–water partition coefficient (Wildman–Crippen LogP) is 3.19. The first kappa shape index (κ1) is 16.8. The van der Waals surface area contributed by atoms with Crippen molar-refractivity contribution in [3.63, 3.8) is 0 Å². The first-order chi connectivity index (χ1) is 12.1. The maximum absolute atomic E-state index is 12.4. The van der Waals surface area contributed by atoms with E-state index in [9.17, 15) is 4.79 Å². The summed E-state index contributed by atoms with van der Waals surface area (Å²) in [7, 11) is 2.97. The maximum Gasteiger partial charge on any atom is 0.295 e. The van der Waals surface area contributed by atoms with E-state index >= 15 is 0 Å². The third-order valence-electron chi connectivity index (χ3n) is 3.44. The van der Waals surface area contributed by atoms with Crippen molar-refractivity contribution < 1.29 is 14.3 Å². The zero-order valence-corrected chi connectivity index (χ0v) is 14.3. The molecule has 0 bridgehead atoms. The fourth-order valence-electron chi connectivity index (χ4n) is 2.21. The normalized spacial score (nSPS) is 10.4. The number of amides is 1. The summed E-state index contributed by atoms with van der Waals surface area (Å²) in [5.74, 6) is 0.374. The van der Waals surface area contributed by atoms with Gasteiger partial charge in [-0.25, -0.2) is 9.67 Å². The summed E-state index contributed by atoms with van der Waals surface area (Å²) in [5, 5.41) is 7.27. The van der Waals surface area contributed by atoms with Gasteiger partial charge < -0.3 is 14.8 Å². The van der Waals surface area contributed by atoms with Gasteiger partial charge in [0.2, 0.25) is 5.82 Å². The molecule has 0 aliphatic carbocycles. The van der Waals surface area contributed by atoms with Crippen LogP contribution < -0.4 is 14.8 Å². The van der Waals surface area contributed by atoms with Gasteiger partial charge in [-0.15, -0.1) is 5.10 Å². The van der Waals surface area contributed by atoms with Crippen molar-refractivity contribution in [1.29, 1.82) is 0 Å². The molecular weight excluding hydrogens is 344 g/mol. The highest BCUT2D eigenvalue weighted by Gasteiger charge is 2.17. The highest BCUT2D eigenvalue weighted by Crippen LogP contribution is 2.35. The van der Waals surface area contributed by atoms with Gasteiger partial charge in [0.1, 0.15) is 17.8 Å². The van der Waals surface area contributed by atoms with E-state index in [1.165, 1.54) is 25.2 Å². The van der Waals surface area contributed by atoms with Crippen LogP contribution in [0.2, 0.25) is 5.02 Å². The maximum atomic E-state index is 12.4. The predicted molar refractivity (Wildman–Crippen MR) is 93.9 cm³/mol. The van der Waals surface area contributed by atoms with E-state index in [1.54, 1.807) is 12.1 Å². The summed E-state index contributed by atoms with van der Waals surface area (Å²) in [4.78, 5) is 16.5. The summed E-state index contributed by atoms with van der Waals surface area (Å²) >= 11 is 6.06. The summed E-state index contributed by atoms with van der Waals surface area (Å²) in [5.41, 5.74) is 1.21. The number of nitrogens with one attached hydrogen (secondary N) is 1. The number of benzene rings is 2. The topological polar surface area (TPSA) is 78.3 Å². The molecule has 8 heteroatoms.